The Morgan fingerprint density at radius 2 is 1.40 bits per heavy atom. The maximum absolute atomic E-state index is 12.8. The van der Waals surface area contributed by atoms with Gasteiger partial charge in [-0.25, -0.2) is 0 Å². The van der Waals surface area contributed by atoms with Crippen molar-refractivity contribution in [3.8, 4) is 5.75 Å². The second kappa shape index (κ2) is 9.89. The lowest BCUT2D eigenvalue weighted by Crippen LogP contribution is -2.48. The Balaban J connectivity index is 1.17. The lowest BCUT2D eigenvalue weighted by atomic mass is 10.1. The minimum absolute atomic E-state index is 0.0408. The largest absolute Gasteiger partial charge is 0.497 e. The van der Waals surface area contributed by atoms with Gasteiger partial charge in [0.05, 0.1) is 7.11 Å². The van der Waals surface area contributed by atoms with Gasteiger partial charge in [0.2, 0.25) is 0 Å². The molecular formula is C29H27N3O3. The Hall–Kier alpha value is -4.32. The van der Waals surface area contributed by atoms with E-state index < -0.39 is 0 Å². The minimum atomic E-state index is -0.130. The van der Waals surface area contributed by atoms with Gasteiger partial charge in [0.1, 0.15) is 5.75 Å². The van der Waals surface area contributed by atoms with Gasteiger partial charge in [-0.05, 0) is 71.4 Å². The van der Waals surface area contributed by atoms with Crippen molar-refractivity contribution in [2.45, 2.75) is 0 Å². The van der Waals surface area contributed by atoms with E-state index in [1.54, 1.807) is 19.2 Å². The molecular weight excluding hydrogens is 438 g/mol. The van der Waals surface area contributed by atoms with Crippen LogP contribution in [0.25, 0.3) is 10.8 Å². The summed E-state index contributed by atoms with van der Waals surface area (Å²) in [6, 6.07) is 28.8. The third-order valence-electron chi connectivity index (χ3n) is 6.41. The zero-order valence-corrected chi connectivity index (χ0v) is 19.6. The van der Waals surface area contributed by atoms with E-state index in [9.17, 15) is 9.59 Å². The number of benzene rings is 4. The van der Waals surface area contributed by atoms with Crippen LogP contribution in [0.2, 0.25) is 0 Å². The van der Waals surface area contributed by atoms with Crippen molar-refractivity contribution >= 4 is 34.0 Å². The molecule has 4 aromatic carbocycles. The molecule has 1 fully saturated rings. The number of nitrogens with zero attached hydrogens (tertiary/aromatic N) is 2. The van der Waals surface area contributed by atoms with Gasteiger partial charge in [-0.15, -0.1) is 0 Å². The topological polar surface area (TPSA) is 61.9 Å². The molecule has 5 rings (SSSR count). The number of fused-ring (bicyclic) bond motifs is 1. The first-order valence-electron chi connectivity index (χ1n) is 11.7. The zero-order chi connectivity index (χ0) is 24.2. The molecule has 1 aliphatic rings. The summed E-state index contributed by atoms with van der Waals surface area (Å²) in [5.74, 6) is 0.650. The fourth-order valence-electron chi connectivity index (χ4n) is 4.37. The molecule has 0 spiro atoms. The summed E-state index contributed by atoms with van der Waals surface area (Å²) >= 11 is 0. The van der Waals surface area contributed by atoms with Crippen LogP contribution in [0.15, 0.2) is 91.0 Å². The fraction of sp³-hybridized carbons (Fsp3) is 0.172. The molecule has 0 aliphatic carbocycles. The van der Waals surface area contributed by atoms with Crippen LogP contribution in [0.1, 0.15) is 20.7 Å². The average molecular weight is 466 g/mol. The van der Waals surface area contributed by atoms with Gasteiger partial charge in [0.15, 0.2) is 0 Å². The van der Waals surface area contributed by atoms with E-state index in [0.717, 1.165) is 41.0 Å². The van der Waals surface area contributed by atoms with E-state index in [1.165, 1.54) is 0 Å². The third kappa shape index (κ3) is 4.96. The molecule has 6 nitrogen and oxygen atoms in total. The Morgan fingerprint density at radius 1 is 0.743 bits per heavy atom. The van der Waals surface area contributed by atoms with Crippen molar-refractivity contribution in [1.82, 2.24) is 4.90 Å². The number of amides is 2. The SMILES string of the molecule is COc1ccc(C(=O)N2CCN(c3ccc(NC(=O)c4ccc5ccccc5c4)cc3)CC2)cc1. The van der Waals surface area contributed by atoms with E-state index in [1.807, 2.05) is 83.8 Å². The quantitative estimate of drug-likeness (QED) is 0.447. The van der Waals surface area contributed by atoms with Crippen molar-refractivity contribution in [3.63, 3.8) is 0 Å². The fourth-order valence-corrected chi connectivity index (χ4v) is 4.37. The predicted octanol–water partition coefficient (Wildman–Crippen LogP) is 5.06. The van der Waals surface area contributed by atoms with E-state index in [-0.39, 0.29) is 11.8 Å². The number of methoxy groups -OCH3 is 1. The Labute approximate surface area is 204 Å². The van der Waals surface area contributed by atoms with Gasteiger partial charge in [-0.2, -0.15) is 0 Å². The van der Waals surface area contributed by atoms with Crippen molar-refractivity contribution in [2.75, 3.05) is 43.5 Å². The molecule has 0 saturated carbocycles. The second-order valence-electron chi connectivity index (χ2n) is 8.57. The zero-order valence-electron chi connectivity index (χ0n) is 19.6. The van der Waals surface area contributed by atoms with Gasteiger partial charge >= 0.3 is 0 Å². The molecule has 35 heavy (non-hydrogen) atoms. The van der Waals surface area contributed by atoms with E-state index in [2.05, 4.69) is 10.2 Å². The first-order chi connectivity index (χ1) is 17.1. The lowest BCUT2D eigenvalue weighted by molar-refractivity contribution is 0.0746. The molecule has 1 saturated heterocycles. The highest BCUT2D eigenvalue weighted by molar-refractivity contribution is 6.06. The lowest BCUT2D eigenvalue weighted by Gasteiger charge is -2.36. The summed E-state index contributed by atoms with van der Waals surface area (Å²) in [4.78, 5) is 29.7. The molecule has 1 heterocycles. The molecule has 0 aromatic heterocycles. The predicted molar refractivity (Wildman–Crippen MR) is 139 cm³/mol. The normalized spacial score (nSPS) is 13.5. The highest BCUT2D eigenvalue weighted by atomic mass is 16.5. The van der Waals surface area contributed by atoms with Crippen LogP contribution >= 0.6 is 0 Å². The highest BCUT2D eigenvalue weighted by Gasteiger charge is 2.22. The molecule has 1 aliphatic heterocycles. The number of hydrogen-bond acceptors (Lipinski definition) is 4. The molecule has 6 heteroatoms. The number of anilines is 2. The van der Waals surface area contributed by atoms with Crippen LogP contribution in [0.3, 0.4) is 0 Å². The van der Waals surface area contributed by atoms with Gasteiger partial charge < -0.3 is 19.9 Å². The van der Waals surface area contributed by atoms with Crippen LogP contribution in [0.5, 0.6) is 5.75 Å². The summed E-state index contributed by atoms with van der Waals surface area (Å²) < 4.78 is 5.17. The number of hydrogen-bond donors (Lipinski definition) is 1. The molecule has 0 radical (unpaired) electrons. The van der Waals surface area contributed by atoms with E-state index in [4.69, 9.17) is 4.74 Å². The van der Waals surface area contributed by atoms with Crippen LogP contribution in [0.4, 0.5) is 11.4 Å². The maximum atomic E-state index is 12.8. The summed E-state index contributed by atoms with van der Waals surface area (Å²) in [5.41, 5.74) is 3.13. The highest BCUT2D eigenvalue weighted by Crippen LogP contribution is 2.22. The van der Waals surface area contributed by atoms with Crippen LogP contribution < -0.4 is 15.0 Å². The van der Waals surface area contributed by atoms with E-state index in [0.29, 0.717) is 24.2 Å². The monoisotopic (exact) mass is 465 g/mol. The average Bonchev–Trinajstić information content (AvgIpc) is 2.93. The molecule has 0 bridgehead atoms. The Kier molecular flexibility index (Phi) is 6.35. The first-order valence-corrected chi connectivity index (χ1v) is 11.7. The number of piperazine rings is 1. The van der Waals surface area contributed by atoms with Crippen LogP contribution in [-0.2, 0) is 0 Å². The molecule has 4 aromatic rings. The van der Waals surface area contributed by atoms with Gasteiger partial charge in [0, 0.05) is 48.7 Å². The molecule has 1 N–H and O–H groups in total. The van der Waals surface area contributed by atoms with Gasteiger partial charge in [-0.1, -0.05) is 30.3 Å². The Bertz CT molecular complexity index is 1340. The van der Waals surface area contributed by atoms with Gasteiger partial charge in [-0.3, -0.25) is 9.59 Å². The molecule has 0 atom stereocenters. The van der Waals surface area contributed by atoms with Crippen molar-refractivity contribution in [1.29, 1.82) is 0 Å². The van der Waals surface area contributed by atoms with Crippen LogP contribution in [0, 0.1) is 0 Å². The number of carbonyl (C=O) groups excluding carboxylic acids is 2. The molecule has 0 unspecified atom stereocenters. The number of nitrogens with one attached hydrogen (secondary N) is 1. The summed E-state index contributed by atoms with van der Waals surface area (Å²) in [5, 5.41) is 5.13. The summed E-state index contributed by atoms with van der Waals surface area (Å²) in [6.07, 6.45) is 0. The smallest absolute Gasteiger partial charge is 0.255 e. The van der Waals surface area contributed by atoms with Crippen molar-refractivity contribution in [2.24, 2.45) is 0 Å². The van der Waals surface area contributed by atoms with Gasteiger partial charge in [0.25, 0.3) is 11.8 Å². The third-order valence-corrected chi connectivity index (χ3v) is 6.41. The van der Waals surface area contributed by atoms with Crippen molar-refractivity contribution in [3.05, 3.63) is 102 Å². The summed E-state index contributed by atoms with van der Waals surface area (Å²) in [7, 11) is 1.61. The number of rotatable bonds is 5. The number of ether oxygens (including phenoxy) is 1. The Morgan fingerprint density at radius 3 is 2.09 bits per heavy atom. The summed E-state index contributed by atoms with van der Waals surface area (Å²) in [6.45, 7) is 2.83. The minimum Gasteiger partial charge on any atom is -0.497 e. The standard InChI is InChI=1S/C29H27N3O3/c1-35-27-14-8-22(9-15-27)29(34)32-18-16-31(17-19-32)26-12-10-25(11-13-26)30-28(33)24-7-6-21-4-2-3-5-23(21)20-24/h2-15,20H,16-19H2,1H3,(H,30,33). The van der Waals surface area contributed by atoms with Crippen LogP contribution in [-0.4, -0.2) is 50.0 Å². The molecule has 176 valence electrons. The number of carbonyl (C=O) groups is 2. The first kappa shape index (κ1) is 22.5. The maximum Gasteiger partial charge on any atom is 0.255 e. The van der Waals surface area contributed by atoms with Crippen molar-refractivity contribution < 1.29 is 14.3 Å². The molecule has 2 amide bonds. The second-order valence-corrected chi connectivity index (χ2v) is 8.57. The van der Waals surface area contributed by atoms with E-state index >= 15 is 0 Å².